The molecule has 0 amide bonds. The van der Waals surface area contributed by atoms with Crippen molar-refractivity contribution in [3.8, 4) is 56.2 Å². The van der Waals surface area contributed by atoms with Crippen LogP contribution in [0.25, 0.3) is 78.0 Å². The van der Waals surface area contributed by atoms with E-state index in [0.717, 1.165) is 55.8 Å². The molecule has 0 saturated carbocycles. The van der Waals surface area contributed by atoms with E-state index in [1.165, 1.54) is 16.3 Å². The van der Waals surface area contributed by atoms with Gasteiger partial charge in [-0.15, -0.1) is 0 Å². The SMILES string of the molecule is Cn1c(=O)n(C)c2cc(-c3ccc(-c4cc(-c5ccccc5-c5cccc6ccccc56)nc(-c5ccccc5)n4)cc3)ccc21. The van der Waals surface area contributed by atoms with Gasteiger partial charge in [0.25, 0.3) is 0 Å². The van der Waals surface area contributed by atoms with Gasteiger partial charge in [0.15, 0.2) is 5.82 Å². The summed E-state index contributed by atoms with van der Waals surface area (Å²) in [5.74, 6) is 0.681. The maximum atomic E-state index is 12.5. The van der Waals surface area contributed by atoms with E-state index in [2.05, 4.69) is 121 Å². The molecular formula is C41H30N4O. The van der Waals surface area contributed by atoms with Gasteiger partial charge in [-0.05, 0) is 51.2 Å². The van der Waals surface area contributed by atoms with E-state index in [-0.39, 0.29) is 5.69 Å². The van der Waals surface area contributed by atoms with Crippen molar-refractivity contribution in [1.82, 2.24) is 19.1 Å². The first-order valence-electron chi connectivity index (χ1n) is 15.3. The molecule has 0 atom stereocenters. The highest BCUT2D eigenvalue weighted by molar-refractivity contribution is 6.00. The maximum absolute atomic E-state index is 12.5. The Hall–Kier alpha value is -6.07. The summed E-state index contributed by atoms with van der Waals surface area (Å²) in [5.41, 5.74) is 11.0. The third-order valence-corrected chi connectivity index (χ3v) is 8.83. The third-order valence-electron chi connectivity index (χ3n) is 8.83. The van der Waals surface area contributed by atoms with E-state index < -0.39 is 0 Å². The summed E-state index contributed by atoms with van der Waals surface area (Å²) in [7, 11) is 3.62. The van der Waals surface area contributed by atoms with Crippen LogP contribution >= 0.6 is 0 Å². The Labute approximate surface area is 266 Å². The van der Waals surface area contributed by atoms with Gasteiger partial charge in [0.2, 0.25) is 0 Å². The van der Waals surface area contributed by atoms with Crippen LogP contribution in [-0.4, -0.2) is 19.1 Å². The molecule has 220 valence electrons. The Morgan fingerprint density at radius 2 is 1.07 bits per heavy atom. The van der Waals surface area contributed by atoms with E-state index in [1.54, 1.807) is 16.2 Å². The maximum Gasteiger partial charge on any atom is 0.328 e. The van der Waals surface area contributed by atoms with Crippen molar-refractivity contribution < 1.29 is 0 Å². The van der Waals surface area contributed by atoms with E-state index in [9.17, 15) is 4.79 Å². The number of rotatable bonds is 5. The minimum Gasteiger partial charge on any atom is -0.295 e. The molecule has 6 aromatic carbocycles. The van der Waals surface area contributed by atoms with Crippen molar-refractivity contribution in [2.24, 2.45) is 14.1 Å². The van der Waals surface area contributed by atoms with Gasteiger partial charge < -0.3 is 0 Å². The second kappa shape index (κ2) is 11.1. The molecule has 8 rings (SSSR count). The minimum absolute atomic E-state index is 0.0293. The summed E-state index contributed by atoms with van der Waals surface area (Å²) < 4.78 is 3.37. The van der Waals surface area contributed by atoms with Gasteiger partial charge in [-0.1, -0.05) is 127 Å². The standard InChI is InChI=1S/C41H30N4O/c1-44-38-24-23-31(25-39(38)45(2)41(44)46)27-19-21-29(22-20-27)36-26-37(43-40(42-36)30-12-4-3-5-13-30)35-17-9-8-16-34(35)33-18-10-14-28-11-6-7-15-32(28)33/h3-26H,1-2H3. The summed E-state index contributed by atoms with van der Waals surface area (Å²) in [4.78, 5) is 22.7. The highest BCUT2D eigenvalue weighted by Crippen LogP contribution is 2.37. The number of imidazole rings is 1. The summed E-state index contributed by atoms with van der Waals surface area (Å²) in [6.45, 7) is 0. The lowest BCUT2D eigenvalue weighted by atomic mass is 9.93. The summed E-state index contributed by atoms with van der Waals surface area (Å²) in [6, 6.07) is 50.3. The molecule has 46 heavy (non-hydrogen) atoms. The van der Waals surface area contributed by atoms with Crippen LogP contribution in [0, 0.1) is 0 Å². The number of nitrogens with zero attached hydrogens (tertiary/aromatic N) is 4. The average molecular weight is 595 g/mol. The van der Waals surface area contributed by atoms with Gasteiger partial charge in [0.1, 0.15) is 0 Å². The van der Waals surface area contributed by atoms with Crippen molar-refractivity contribution in [2.75, 3.05) is 0 Å². The molecular weight excluding hydrogens is 564 g/mol. The quantitative estimate of drug-likeness (QED) is 0.200. The normalized spacial score (nSPS) is 11.3. The lowest BCUT2D eigenvalue weighted by Gasteiger charge is -2.14. The Balaban J connectivity index is 1.26. The van der Waals surface area contributed by atoms with Crippen molar-refractivity contribution in [3.05, 3.63) is 156 Å². The average Bonchev–Trinajstić information content (AvgIpc) is 3.34. The number of aromatic nitrogens is 4. The van der Waals surface area contributed by atoms with Gasteiger partial charge in [0, 0.05) is 30.8 Å². The predicted octanol–water partition coefficient (Wildman–Crippen LogP) is 9.16. The van der Waals surface area contributed by atoms with Gasteiger partial charge in [-0.2, -0.15) is 0 Å². The lowest BCUT2D eigenvalue weighted by molar-refractivity contribution is 0.795. The van der Waals surface area contributed by atoms with Gasteiger partial charge >= 0.3 is 5.69 Å². The second-order valence-corrected chi connectivity index (χ2v) is 11.6. The molecule has 0 unspecified atom stereocenters. The number of fused-ring (bicyclic) bond motifs is 2. The minimum atomic E-state index is -0.0293. The number of aryl methyl sites for hydroxylation is 2. The van der Waals surface area contributed by atoms with E-state index in [1.807, 2.05) is 31.3 Å². The topological polar surface area (TPSA) is 52.7 Å². The molecule has 2 heterocycles. The second-order valence-electron chi connectivity index (χ2n) is 11.6. The van der Waals surface area contributed by atoms with E-state index in [0.29, 0.717) is 5.82 Å². The van der Waals surface area contributed by atoms with E-state index >= 15 is 0 Å². The van der Waals surface area contributed by atoms with Crippen LogP contribution in [-0.2, 0) is 14.1 Å². The molecule has 5 nitrogen and oxygen atoms in total. The fourth-order valence-corrected chi connectivity index (χ4v) is 6.37. The molecule has 0 aliphatic rings. The molecule has 0 spiro atoms. The molecule has 0 fully saturated rings. The van der Waals surface area contributed by atoms with Crippen molar-refractivity contribution >= 4 is 21.8 Å². The summed E-state index contributed by atoms with van der Waals surface area (Å²) in [5, 5.41) is 2.41. The first-order valence-corrected chi connectivity index (χ1v) is 15.3. The molecule has 8 aromatic rings. The zero-order valence-electron chi connectivity index (χ0n) is 25.6. The molecule has 0 radical (unpaired) electrons. The molecule has 0 aliphatic carbocycles. The van der Waals surface area contributed by atoms with Crippen LogP contribution in [0.5, 0.6) is 0 Å². The van der Waals surface area contributed by atoms with Crippen LogP contribution < -0.4 is 5.69 Å². The fraction of sp³-hybridized carbons (Fsp3) is 0.0488. The monoisotopic (exact) mass is 594 g/mol. The molecule has 2 aromatic heterocycles. The van der Waals surface area contributed by atoms with Crippen LogP contribution in [0.15, 0.2) is 150 Å². The molecule has 0 N–H and O–H groups in total. The fourth-order valence-electron chi connectivity index (χ4n) is 6.37. The molecule has 0 saturated heterocycles. The van der Waals surface area contributed by atoms with Crippen molar-refractivity contribution in [3.63, 3.8) is 0 Å². The van der Waals surface area contributed by atoms with Crippen LogP contribution in [0.4, 0.5) is 0 Å². The van der Waals surface area contributed by atoms with Gasteiger partial charge in [-0.3, -0.25) is 9.13 Å². The predicted molar refractivity (Wildman–Crippen MR) is 188 cm³/mol. The third kappa shape index (κ3) is 4.70. The van der Waals surface area contributed by atoms with Crippen LogP contribution in [0.1, 0.15) is 0 Å². The van der Waals surface area contributed by atoms with Crippen molar-refractivity contribution in [1.29, 1.82) is 0 Å². The lowest BCUT2D eigenvalue weighted by Crippen LogP contribution is -2.19. The number of hydrogen-bond acceptors (Lipinski definition) is 3. The summed E-state index contributed by atoms with van der Waals surface area (Å²) in [6.07, 6.45) is 0. The Kier molecular flexibility index (Phi) is 6.65. The first kappa shape index (κ1) is 27.5. The molecule has 0 bridgehead atoms. The Morgan fingerprint density at radius 3 is 1.89 bits per heavy atom. The largest absolute Gasteiger partial charge is 0.328 e. The molecule has 5 heteroatoms. The van der Waals surface area contributed by atoms with Gasteiger partial charge in [-0.25, -0.2) is 14.8 Å². The zero-order valence-corrected chi connectivity index (χ0v) is 25.6. The highest BCUT2D eigenvalue weighted by atomic mass is 16.1. The molecule has 0 aliphatic heterocycles. The van der Waals surface area contributed by atoms with Gasteiger partial charge in [0.05, 0.1) is 22.4 Å². The number of benzene rings is 6. The zero-order chi connectivity index (χ0) is 31.2. The highest BCUT2D eigenvalue weighted by Gasteiger charge is 2.16. The van der Waals surface area contributed by atoms with Crippen molar-refractivity contribution in [2.45, 2.75) is 0 Å². The Bertz CT molecular complexity index is 2450. The smallest absolute Gasteiger partial charge is 0.295 e. The Morgan fingerprint density at radius 1 is 0.457 bits per heavy atom. The van der Waals surface area contributed by atoms with E-state index in [4.69, 9.17) is 9.97 Å². The summed E-state index contributed by atoms with van der Waals surface area (Å²) >= 11 is 0. The first-order chi connectivity index (χ1) is 22.5. The van der Waals surface area contributed by atoms with Crippen LogP contribution in [0.2, 0.25) is 0 Å². The van der Waals surface area contributed by atoms with Crippen LogP contribution in [0.3, 0.4) is 0 Å². The number of hydrogen-bond donors (Lipinski definition) is 0.